The first kappa shape index (κ1) is 14.0. The van der Waals surface area contributed by atoms with Gasteiger partial charge in [-0.15, -0.1) is 10.2 Å². The molecule has 1 aromatic carbocycles. The van der Waals surface area contributed by atoms with Crippen LogP contribution in [0.5, 0.6) is 5.75 Å². The van der Waals surface area contributed by atoms with Crippen LogP contribution in [-0.2, 0) is 19.6 Å². The zero-order valence-corrected chi connectivity index (χ0v) is 12.1. The molecule has 2 heterocycles. The van der Waals surface area contributed by atoms with E-state index in [0.717, 1.165) is 37.5 Å². The fourth-order valence-corrected chi connectivity index (χ4v) is 2.62. The Balaban J connectivity index is 1.77. The molecule has 2 N–H and O–H groups in total. The number of ether oxygens (including phenoxy) is 1. The van der Waals surface area contributed by atoms with Gasteiger partial charge in [-0.25, -0.2) is 4.39 Å². The Bertz CT molecular complexity index is 639. The van der Waals surface area contributed by atoms with E-state index in [1.807, 2.05) is 0 Å². The summed E-state index contributed by atoms with van der Waals surface area (Å²) >= 11 is 0. The smallest absolute Gasteiger partial charge is 0.171 e. The van der Waals surface area contributed by atoms with Gasteiger partial charge in [0.15, 0.2) is 5.82 Å². The van der Waals surface area contributed by atoms with Crippen LogP contribution in [-0.4, -0.2) is 14.8 Å². The van der Waals surface area contributed by atoms with Gasteiger partial charge in [-0.2, -0.15) is 0 Å². The summed E-state index contributed by atoms with van der Waals surface area (Å²) in [6.07, 6.45) is 3.26. The second-order valence-electron chi connectivity index (χ2n) is 5.40. The number of halogens is 1. The second kappa shape index (κ2) is 5.81. The minimum atomic E-state index is -0.311. The van der Waals surface area contributed by atoms with Crippen LogP contribution in [0.4, 0.5) is 4.39 Å². The van der Waals surface area contributed by atoms with Crippen LogP contribution in [0.2, 0.25) is 0 Å². The van der Waals surface area contributed by atoms with E-state index in [0.29, 0.717) is 17.9 Å². The molecule has 1 atom stereocenters. The quantitative estimate of drug-likeness (QED) is 0.938. The standard InChI is InChI=1S/C15H19FN4O/c1-10(17)12-8-11(16)5-6-13(12)21-9-15-19-18-14-4-2-3-7-20(14)15/h5-6,8,10H,2-4,7,9,17H2,1H3/t10-/m1/s1. The Morgan fingerprint density at radius 1 is 1.38 bits per heavy atom. The highest BCUT2D eigenvalue weighted by atomic mass is 19.1. The van der Waals surface area contributed by atoms with E-state index in [9.17, 15) is 4.39 Å². The number of benzene rings is 1. The van der Waals surface area contributed by atoms with Crippen molar-refractivity contribution in [2.24, 2.45) is 5.73 Å². The lowest BCUT2D eigenvalue weighted by atomic mass is 10.1. The van der Waals surface area contributed by atoms with E-state index in [1.165, 1.54) is 12.1 Å². The first-order valence-electron chi connectivity index (χ1n) is 7.24. The molecular weight excluding hydrogens is 271 g/mol. The second-order valence-corrected chi connectivity index (χ2v) is 5.40. The van der Waals surface area contributed by atoms with Crippen LogP contribution in [0.3, 0.4) is 0 Å². The number of hydrogen-bond donors (Lipinski definition) is 1. The van der Waals surface area contributed by atoms with E-state index in [2.05, 4.69) is 14.8 Å². The molecule has 1 aromatic heterocycles. The molecule has 1 aliphatic heterocycles. The highest BCUT2D eigenvalue weighted by Crippen LogP contribution is 2.25. The number of nitrogens with zero attached hydrogens (tertiary/aromatic N) is 3. The molecule has 0 aliphatic carbocycles. The number of hydrogen-bond acceptors (Lipinski definition) is 4. The van der Waals surface area contributed by atoms with Crippen molar-refractivity contribution < 1.29 is 9.13 Å². The normalized spacial score (nSPS) is 15.6. The largest absolute Gasteiger partial charge is 0.485 e. The minimum absolute atomic E-state index is 0.289. The van der Waals surface area contributed by atoms with Crippen LogP contribution in [0.25, 0.3) is 0 Å². The predicted molar refractivity (Wildman–Crippen MR) is 76.3 cm³/mol. The Hall–Kier alpha value is -1.95. The van der Waals surface area contributed by atoms with Gasteiger partial charge in [-0.1, -0.05) is 0 Å². The fraction of sp³-hybridized carbons (Fsp3) is 0.467. The predicted octanol–water partition coefficient (Wildman–Crippen LogP) is 2.35. The van der Waals surface area contributed by atoms with Crippen molar-refractivity contribution in [2.45, 2.75) is 45.4 Å². The van der Waals surface area contributed by atoms with Gasteiger partial charge in [0.2, 0.25) is 0 Å². The lowest BCUT2D eigenvalue weighted by Crippen LogP contribution is -2.15. The molecule has 6 heteroatoms. The average Bonchev–Trinajstić information content (AvgIpc) is 2.89. The van der Waals surface area contributed by atoms with E-state index >= 15 is 0 Å². The average molecular weight is 290 g/mol. The highest BCUT2D eigenvalue weighted by molar-refractivity contribution is 5.36. The van der Waals surface area contributed by atoms with Crippen molar-refractivity contribution in [3.05, 3.63) is 41.2 Å². The molecule has 21 heavy (non-hydrogen) atoms. The first-order valence-corrected chi connectivity index (χ1v) is 7.24. The van der Waals surface area contributed by atoms with Gasteiger partial charge in [0.25, 0.3) is 0 Å². The monoisotopic (exact) mass is 290 g/mol. The molecule has 2 aromatic rings. The van der Waals surface area contributed by atoms with Crippen LogP contribution in [0.15, 0.2) is 18.2 Å². The van der Waals surface area contributed by atoms with Crippen LogP contribution >= 0.6 is 0 Å². The third kappa shape index (κ3) is 2.90. The number of aromatic nitrogens is 3. The lowest BCUT2D eigenvalue weighted by Gasteiger charge is -2.16. The minimum Gasteiger partial charge on any atom is -0.485 e. The summed E-state index contributed by atoms with van der Waals surface area (Å²) in [5.41, 5.74) is 6.52. The summed E-state index contributed by atoms with van der Waals surface area (Å²) in [5, 5.41) is 8.38. The molecule has 0 saturated carbocycles. The van der Waals surface area contributed by atoms with Crippen molar-refractivity contribution >= 4 is 0 Å². The molecule has 0 saturated heterocycles. The molecule has 0 radical (unpaired) electrons. The van der Waals surface area contributed by atoms with Gasteiger partial charge in [-0.3, -0.25) is 0 Å². The Kier molecular flexibility index (Phi) is 3.88. The Morgan fingerprint density at radius 3 is 3.05 bits per heavy atom. The van der Waals surface area contributed by atoms with E-state index in [1.54, 1.807) is 13.0 Å². The van der Waals surface area contributed by atoms with Gasteiger partial charge in [0.05, 0.1) is 0 Å². The third-order valence-electron chi connectivity index (χ3n) is 3.76. The van der Waals surface area contributed by atoms with Gasteiger partial charge < -0.3 is 15.0 Å². The SMILES string of the molecule is C[C@@H](N)c1cc(F)ccc1OCc1nnc2n1CCCC2. The van der Waals surface area contributed by atoms with Gasteiger partial charge in [0.1, 0.15) is 24.0 Å². The van der Waals surface area contributed by atoms with Crippen LogP contribution in [0.1, 0.15) is 43.0 Å². The van der Waals surface area contributed by atoms with Crippen molar-refractivity contribution in [3.8, 4) is 5.75 Å². The maximum absolute atomic E-state index is 13.3. The molecule has 0 fully saturated rings. The molecule has 1 aliphatic rings. The number of rotatable bonds is 4. The summed E-state index contributed by atoms with van der Waals surface area (Å²) in [6.45, 7) is 3.06. The molecule has 112 valence electrons. The number of aryl methyl sites for hydroxylation is 1. The molecule has 0 spiro atoms. The lowest BCUT2D eigenvalue weighted by molar-refractivity contribution is 0.281. The maximum atomic E-state index is 13.3. The van der Waals surface area contributed by atoms with E-state index in [-0.39, 0.29) is 11.9 Å². The van der Waals surface area contributed by atoms with Crippen molar-refractivity contribution in [1.82, 2.24) is 14.8 Å². The fourth-order valence-electron chi connectivity index (χ4n) is 2.62. The van der Waals surface area contributed by atoms with E-state index < -0.39 is 0 Å². The van der Waals surface area contributed by atoms with Crippen molar-refractivity contribution in [2.75, 3.05) is 0 Å². The van der Waals surface area contributed by atoms with Crippen LogP contribution in [0, 0.1) is 5.82 Å². The molecule has 0 bridgehead atoms. The molecule has 0 unspecified atom stereocenters. The summed E-state index contributed by atoms with van der Waals surface area (Å²) in [5.74, 6) is 2.12. The summed E-state index contributed by atoms with van der Waals surface area (Å²) in [4.78, 5) is 0. The zero-order chi connectivity index (χ0) is 14.8. The molecule has 5 nitrogen and oxygen atoms in total. The Labute approximate surface area is 122 Å². The van der Waals surface area contributed by atoms with Gasteiger partial charge in [0, 0.05) is 24.6 Å². The molecule has 3 rings (SSSR count). The summed E-state index contributed by atoms with van der Waals surface area (Å²) < 4.78 is 21.2. The summed E-state index contributed by atoms with van der Waals surface area (Å²) in [6, 6.07) is 4.12. The maximum Gasteiger partial charge on any atom is 0.171 e. The first-order chi connectivity index (χ1) is 10.1. The number of nitrogens with two attached hydrogens (primary N) is 1. The Morgan fingerprint density at radius 2 is 2.24 bits per heavy atom. The zero-order valence-electron chi connectivity index (χ0n) is 12.1. The van der Waals surface area contributed by atoms with Gasteiger partial charge >= 0.3 is 0 Å². The third-order valence-corrected chi connectivity index (χ3v) is 3.76. The highest BCUT2D eigenvalue weighted by Gasteiger charge is 2.17. The van der Waals surface area contributed by atoms with Crippen LogP contribution < -0.4 is 10.5 Å². The number of fused-ring (bicyclic) bond motifs is 1. The summed E-state index contributed by atoms with van der Waals surface area (Å²) in [7, 11) is 0. The van der Waals surface area contributed by atoms with Crippen molar-refractivity contribution in [3.63, 3.8) is 0 Å². The molecule has 0 amide bonds. The topological polar surface area (TPSA) is 66.0 Å². The van der Waals surface area contributed by atoms with E-state index in [4.69, 9.17) is 10.5 Å². The van der Waals surface area contributed by atoms with Crippen molar-refractivity contribution in [1.29, 1.82) is 0 Å². The molecular formula is C15H19FN4O. The van der Waals surface area contributed by atoms with Gasteiger partial charge in [-0.05, 0) is 38.0 Å².